The fourth-order valence-corrected chi connectivity index (χ4v) is 3.62. The van der Waals surface area contributed by atoms with Gasteiger partial charge in [-0.1, -0.05) is 19.1 Å². The lowest BCUT2D eigenvalue weighted by Crippen LogP contribution is -2.23. The van der Waals surface area contributed by atoms with E-state index < -0.39 is 21.7 Å². The third kappa shape index (κ3) is 4.93. The Morgan fingerprint density at radius 1 is 1.33 bits per heavy atom. The standard InChI is InChI=1S/C12H15IO4S/c1-9(12(14)17-2)7-18(15,16)8-10-3-5-11(13)6-4-10/h3-6,9H,7-8H2,1-2H3. The van der Waals surface area contributed by atoms with E-state index in [1.165, 1.54) is 7.11 Å². The molecule has 0 aliphatic carbocycles. The molecule has 0 bridgehead atoms. The van der Waals surface area contributed by atoms with Crippen LogP contribution in [0.25, 0.3) is 0 Å². The van der Waals surface area contributed by atoms with Crippen LogP contribution in [0.2, 0.25) is 0 Å². The van der Waals surface area contributed by atoms with E-state index in [1.54, 1.807) is 19.1 Å². The Hall–Kier alpha value is -0.630. The predicted molar refractivity (Wildman–Crippen MR) is 77.8 cm³/mol. The first-order valence-electron chi connectivity index (χ1n) is 5.37. The predicted octanol–water partition coefficient (Wildman–Crippen LogP) is 2.02. The van der Waals surface area contributed by atoms with E-state index in [2.05, 4.69) is 27.3 Å². The number of hydrogen-bond acceptors (Lipinski definition) is 4. The van der Waals surface area contributed by atoms with E-state index in [4.69, 9.17) is 0 Å². The molecule has 1 rings (SSSR count). The van der Waals surface area contributed by atoms with Crippen LogP contribution in [0.3, 0.4) is 0 Å². The summed E-state index contributed by atoms with van der Waals surface area (Å²) in [5, 5.41) is 0. The number of methoxy groups -OCH3 is 1. The minimum Gasteiger partial charge on any atom is -0.469 e. The van der Waals surface area contributed by atoms with Gasteiger partial charge in [0.2, 0.25) is 0 Å². The van der Waals surface area contributed by atoms with Gasteiger partial charge in [-0.05, 0) is 40.3 Å². The van der Waals surface area contributed by atoms with Crippen molar-refractivity contribution in [3.8, 4) is 0 Å². The monoisotopic (exact) mass is 382 g/mol. The highest BCUT2D eigenvalue weighted by atomic mass is 127. The minimum atomic E-state index is -3.31. The first-order chi connectivity index (χ1) is 8.34. The summed E-state index contributed by atoms with van der Waals surface area (Å²) >= 11 is 2.16. The maximum atomic E-state index is 11.9. The first kappa shape index (κ1) is 15.4. The first-order valence-corrected chi connectivity index (χ1v) is 8.27. The quantitative estimate of drug-likeness (QED) is 0.578. The molecule has 0 amide bonds. The molecule has 4 nitrogen and oxygen atoms in total. The zero-order valence-electron chi connectivity index (χ0n) is 10.2. The number of benzene rings is 1. The molecule has 100 valence electrons. The molecule has 0 N–H and O–H groups in total. The van der Waals surface area contributed by atoms with Crippen LogP contribution >= 0.6 is 22.6 Å². The topological polar surface area (TPSA) is 60.4 Å². The van der Waals surface area contributed by atoms with E-state index in [9.17, 15) is 13.2 Å². The molecule has 0 fully saturated rings. The lowest BCUT2D eigenvalue weighted by atomic mass is 10.2. The van der Waals surface area contributed by atoms with E-state index >= 15 is 0 Å². The third-order valence-electron chi connectivity index (χ3n) is 2.41. The zero-order valence-corrected chi connectivity index (χ0v) is 13.2. The summed E-state index contributed by atoms with van der Waals surface area (Å²) in [6.45, 7) is 1.55. The van der Waals surface area contributed by atoms with Crippen LogP contribution in [-0.4, -0.2) is 27.2 Å². The molecule has 1 aromatic rings. The minimum absolute atomic E-state index is 0.0503. The second kappa shape index (κ2) is 6.51. The molecular weight excluding hydrogens is 367 g/mol. The van der Waals surface area contributed by atoms with Gasteiger partial charge >= 0.3 is 5.97 Å². The molecule has 1 aromatic carbocycles. The van der Waals surface area contributed by atoms with E-state index in [1.807, 2.05) is 12.1 Å². The van der Waals surface area contributed by atoms with Crippen molar-refractivity contribution in [1.82, 2.24) is 0 Å². The SMILES string of the molecule is COC(=O)C(C)CS(=O)(=O)Cc1ccc(I)cc1. The number of carbonyl (C=O) groups excluding carboxylic acids is 1. The summed E-state index contributed by atoms with van der Waals surface area (Å²) in [4.78, 5) is 11.2. The van der Waals surface area contributed by atoms with Gasteiger partial charge in [-0.15, -0.1) is 0 Å². The highest BCUT2D eigenvalue weighted by Crippen LogP contribution is 2.13. The Balaban J connectivity index is 2.70. The maximum absolute atomic E-state index is 11.9. The Morgan fingerprint density at radius 2 is 1.89 bits per heavy atom. The maximum Gasteiger partial charge on any atom is 0.309 e. The summed E-state index contributed by atoms with van der Waals surface area (Å²) in [6.07, 6.45) is 0. The molecule has 1 unspecified atom stereocenters. The van der Waals surface area contributed by atoms with E-state index in [0.717, 1.165) is 9.13 Å². The molecule has 0 aromatic heterocycles. The Kier molecular flexibility index (Phi) is 5.58. The Bertz CT molecular complexity index is 507. The molecule has 0 saturated carbocycles. The number of halogens is 1. The molecule has 18 heavy (non-hydrogen) atoms. The van der Waals surface area contributed by atoms with Gasteiger partial charge < -0.3 is 4.74 Å². The molecule has 6 heteroatoms. The van der Waals surface area contributed by atoms with Gasteiger partial charge in [-0.3, -0.25) is 4.79 Å². The lowest BCUT2D eigenvalue weighted by molar-refractivity contribution is -0.144. The van der Waals surface area contributed by atoms with Gasteiger partial charge in [0.05, 0.1) is 24.5 Å². The van der Waals surface area contributed by atoms with Crippen LogP contribution in [-0.2, 0) is 25.1 Å². The Morgan fingerprint density at radius 3 is 2.39 bits per heavy atom. The summed E-state index contributed by atoms with van der Waals surface area (Å²) in [6, 6.07) is 7.27. The molecule has 0 aliphatic rings. The Labute approximate surface area is 121 Å². The largest absolute Gasteiger partial charge is 0.469 e. The van der Waals surface area contributed by atoms with Gasteiger partial charge in [0.15, 0.2) is 9.84 Å². The highest BCUT2D eigenvalue weighted by molar-refractivity contribution is 14.1. The van der Waals surface area contributed by atoms with Gasteiger partial charge in [-0.25, -0.2) is 8.42 Å². The average Bonchev–Trinajstić information content (AvgIpc) is 2.30. The third-order valence-corrected chi connectivity index (χ3v) is 4.91. The molecule has 0 heterocycles. The van der Waals surface area contributed by atoms with Crippen LogP contribution in [0.15, 0.2) is 24.3 Å². The van der Waals surface area contributed by atoms with Gasteiger partial charge in [0.25, 0.3) is 0 Å². The van der Waals surface area contributed by atoms with Gasteiger partial charge in [0.1, 0.15) is 0 Å². The van der Waals surface area contributed by atoms with Crippen molar-refractivity contribution in [3.63, 3.8) is 0 Å². The van der Waals surface area contributed by atoms with E-state index in [-0.39, 0.29) is 11.5 Å². The number of esters is 1. The summed E-state index contributed by atoms with van der Waals surface area (Å²) in [7, 11) is -2.05. The second-order valence-corrected chi connectivity index (χ2v) is 7.46. The van der Waals surface area contributed by atoms with Crippen LogP contribution in [0.4, 0.5) is 0 Å². The van der Waals surface area contributed by atoms with Crippen molar-refractivity contribution in [2.45, 2.75) is 12.7 Å². The van der Waals surface area contributed by atoms with Crippen molar-refractivity contribution < 1.29 is 17.9 Å². The van der Waals surface area contributed by atoms with Crippen molar-refractivity contribution in [1.29, 1.82) is 0 Å². The summed E-state index contributed by atoms with van der Waals surface area (Å²) in [5.74, 6) is -1.37. The van der Waals surface area contributed by atoms with Crippen molar-refractivity contribution in [2.75, 3.05) is 12.9 Å². The molecule has 0 saturated heterocycles. The average molecular weight is 382 g/mol. The zero-order chi connectivity index (χ0) is 13.8. The molecule has 0 radical (unpaired) electrons. The number of rotatable bonds is 5. The number of sulfone groups is 1. The molecule has 1 atom stereocenters. The highest BCUT2D eigenvalue weighted by Gasteiger charge is 2.22. The molecule has 0 aliphatic heterocycles. The van der Waals surface area contributed by atoms with Crippen LogP contribution in [0.1, 0.15) is 12.5 Å². The normalized spacial score (nSPS) is 13.1. The van der Waals surface area contributed by atoms with Crippen LogP contribution < -0.4 is 0 Å². The molecular formula is C12H15IO4S. The van der Waals surface area contributed by atoms with Gasteiger partial charge in [0, 0.05) is 3.57 Å². The van der Waals surface area contributed by atoms with Crippen molar-refractivity contribution >= 4 is 38.4 Å². The summed E-state index contributed by atoms with van der Waals surface area (Å²) in [5.41, 5.74) is 0.729. The van der Waals surface area contributed by atoms with Crippen LogP contribution in [0, 0.1) is 9.49 Å². The number of hydrogen-bond donors (Lipinski definition) is 0. The number of ether oxygens (including phenoxy) is 1. The van der Waals surface area contributed by atoms with Crippen molar-refractivity contribution in [3.05, 3.63) is 33.4 Å². The summed E-state index contributed by atoms with van der Waals surface area (Å²) < 4.78 is 29.4. The smallest absolute Gasteiger partial charge is 0.309 e. The lowest BCUT2D eigenvalue weighted by Gasteiger charge is -2.10. The van der Waals surface area contributed by atoms with E-state index in [0.29, 0.717) is 0 Å². The number of carbonyl (C=O) groups is 1. The van der Waals surface area contributed by atoms with Crippen molar-refractivity contribution in [2.24, 2.45) is 5.92 Å². The van der Waals surface area contributed by atoms with Crippen LogP contribution in [0.5, 0.6) is 0 Å². The molecule has 0 spiro atoms. The second-order valence-electron chi connectivity index (χ2n) is 4.11. The fourth-order valence-electron chi connectivity index (χ4n) is 1.54. The van der Waals surface area contributed by atoms with Gasteiger partial charge in [-0.2, -0.15) is 0 Å². The fraction of sp³-hybridized carbons (Fsp3) is 0.417.